The number of pyridine rings is 1. The molecule has 3 heterocycles. The Labute approximate surface area is 128 Å². The molecule has 6 heteroatoms. The average Bonchev–Trinajstić information content (AvgIpc) is 3.33. The van der Waals surface area contributed by atoms with Crippen molar-refractivity contribution in [2.45, 2.75) is 50.7 Å². The van der Waals surface area contributed by atoms with Crippen LogP contribution in [0, 0.1) is 0 Å². The predicted molar refractivity (Wildman–Crippen MR) is 83.9 cm³/mol. The van der Waals surface area contributed by atoms with Crippen LogP contribution in [0.25, 0.3) is 11.0 Å². The third-order valence-electron chi connectivity index (χ3n) is 4.72. The third-order valence-corrected chi connectivity index (χ3v) is 4.72. The van der Waals surface area contributed by atoms with Crippen molar-refractivity contribution in [2.75, 3.05) is 12.3 Å². The van der Waals surface area contributed by atoms with E-state index >= 15 is 0 Å². The van der Waals surface area contributed by atoms with E-state index in [0.29, 0.717) is 11.6 Å². The molecule has 4 rings (SSSR count). The standard InChI is InChI=1S/C16H20N4O2/c1-9-13(3-2-8-22-9)20-15-11(14(17)19-16(20)21)6-7-12(18-15)10-4-5-10/h6-7,9-10,13H,2-5,8H2,1H3,(H2,17,19,21). The van der Waals surface area contributed by atoms with Gasteiger partial charge in [-0.05, 0) is 44.7 Å². The maximum absolute atomic E-state index is 12.5. The van der Waals surface area contributed by atoms with Gasteiger partial charge in [-0.3, -0.25) is 4.57 Å². The maximum Gasteiger partial charge on any atom is 0.351 e. The van der Waals surface area contributed by atoms with Crippen LogP contribution < -0.4 is 11.4 Å². The van der Waals surface area contributed by atoms with Crippen LogP contribution in [-0.4, -0.2) is 27.2 Å². The molecule has 1 aliphatic carbocycles. The molecule has 0 spiro atoms. The quantitative estimate of drug-likeness (QED) is 0.917. The summed E-state index contributed by atoms with van der Waals surface area (Å²) in [5, 5.41) is 0.752. The Bertz CT molecular complexity index is 782. The van der Waals surface area contributed by atoms with Gasteiger partial charge in [0.05, 0.1) is 17.5 Å². The molecular formula is C16H20N4O2. The van der Waals surface area contributed by atoms with E-state index in [4.69, 9.17) is 15.5 Å². The number of anilines is 1. The van der Waals surface area contributed by atoms with E-state index in [9.17, 15) is 4.79 Å². The van der Waals surface area contributed by atoms with Crippen LogP contribution in [0.5, 0.6) is 0 Å². The summed E-state index contributed by atoms with van der Waals surface area (Å²) in [6.07, 6.45) is 4.16. The molecule has 2 aliphatic rings. The number of nitrogen functional groups attached to an aromatic ring is 1. The molecular weight excluding hydrogens is 280 g/mol. The Morgan fingerprint density at radius 2 is 2.09 bits per heavy atom. The summed E-state index contributed by atoms with van der Waals surface area (Å²) in [6, 6.07) is 3.93. The van der Waals surface area contributed by atoms with Crippen molar-refractivity contribution in [2.24, 2.45) is 0 Å². The van der Waals surface area contributed by atoms with Crippen LogP contribution in [0.3, 0.4) is 0 Å². The van der Waals surface area contributed by atoms with Gasteiger partial charge >= 0.3 is 5.69 Å². The van der Waals surface area contributed by atoms with Crippen molar-refractivity contribution in [3.8, 4) is 0 Å². The maximum atomic E-state index is 12.5. The smallest absolute Gasteiger partial charge is 0.351 e. The molecule has 116 valence electrons. The summed E-state index contributed by atoms with van der Waals surface area (Å²) >= 11 is 0. The van der Waals surface area contributed by atoms with Crippen molar-refractivity contribution in [1.29, 1.82) is 0 Å². The molecule has 2 N–H and O–H groups in total. The van der Waals surface area contributed by atoms with Crippen molar-refractivity contribution in [1.82, 2.24) is 14.5 Å². The topological polar surface area (TPSA) is 83.0 Å². The molecule has 22 heavy (non-hydrogen) atoms. The van der Waals surface area contributed by atoms with E-state index in [1.807, 2.05) is 19.1 Å². The fraction of sp³-hybridized carbons (Fsp3) is 0.562. The van der Waals surface area contributed by atoms with Gasteiger partial charge in [-0.1, -0.05) is 0 Å². The van der Waals surface area contributed by atoms with Crippen LogP contribution in [0.2, 0.25) is 0 Å². The lowest BCUT2D eigenvalue weighted by molar-refractivity contribution is -0.00914. The van der Waals surface area contributed by atoms with E-state index in [1.165, 1.54) is 12.8 Å². The zero-order valence-corrected chi connectivity index (χ0v) is 12.7. The van der Waals surface area contributed by atoms with Crippen LogP contribution in [0.15, 0.2) is 16.9 Å². The minimum atomic E-state index is -0.326. The highest BCUT2D eigenvalue weighted by atomic mass is 16.5. The number of ether oxygens (including phenoxy) is 1. The Morgan fingerprint density at radius 3 is 2.82 bits per heavy atom. The molecule has 6 nitrogen and oxygen atoms in total. The van der Waals surface area contributed by atoms with E-state index in [2.05, 4.69) is 4.98 Å². The van der Waals surface area contributed by atoms with E-state index in [0.717, 1.165) is 30.5 Å². The van der Waals surface area contributed by atoms with Crippen LogP contribution in [0.1, 0.15) is 50.3 Å². The summed E-state index contributed by atoms with van der Waals surface area (Å²) in [5.41, 5.74) is 7.32. The fourth-order valence-corrected chi connectivity index (χ4v) is 3.31. The normalized spacial score (nSPS) is 25.5. The number of aromatic nitrogens is 3. The molecule has 1 saturated heterocycles. The first kappa shape index (κ1) is 13.7. The van der Waals surface area contributed by atoms with Crippen molar-refractivity contribution >= 4 is 16.9 Å². The predicted octanol–water partition coefficient (Wildman–Crippen LogP) is 1.99. The van der Waals surface area contributed by atoms with Gasteiger partial charge < -0.3 is 10.5 Å². The monoisotopic (exact) mass is 300 g/mol. The third kappa shape index (κ3) is 2.18. The number of hydrogen-bond donors (Lipinski definition) is 1. The molecule has 0 aromatic carbocycles. The number of hydrogen-bond acceptors (Lipinski definition) is 5. The van der Waals surface area contributed by atoms with Gasteiger partial charge in [0.15, 0.2) is 0 Å². The second-order valence-corrected chi connectivity index (χ2v) is 6.32. The molecule has 2 aromatic heterocycles. The Hall–Kier alpha value is -1.95. The zero-order chi connectivity index (χ0) is 15.3. The molecule has 2 atom stereocenters. The highest BCUT2D eigenvalue weighted by molar-refractivity contribution is 5.85. The van der Waals surface area contributed by atoms with E-state index in [1.54, 1.807) is 4.57 Å². The van der Waals surface area contributed by atoms with Crippen LogP contribution in [-0.2, 0) is 4.74 Å². The van der Waals surface area contributed by atoms with Gasteiger partial charge in [-0.25, -0.2) is 9.78 Å². The second kappa shape index (κ2) is 5.05. The van der Waals surface area contributed by atoms with Crippen LogP contribution >= 0.6 is 0 Å². The van der Waals surface area contributed by atoms with Gasteiger partial charge in [-0.15, -0.1) is 0 Å². The molecule has 2 fully saturated rings. The number of nitrogens with zero attached hydrogens (tertiary/aromatic N) is 3. The first-order valence-electron chi connectivity index (χ1n) is 7.95. The van der Waals surface area contributed by atoms with Gasteiger partial charge in [0, 0.05) is 18.2 Å². The SMILES string of the molecule is CC1OCCCC1n1c(=O)nc(N)c2ccc(C3CC3)nc21. The van der Waals surface area contributed by atoms with E-state index < -0.39 is 0 Å². The number of nitrogens with two attached hydrogens (primary N) is 1. The largest absolute Gasteiger partial charge is 0.383 e. The minimum Gasteiger partial charge on any atom is -0.383 e. The van der Waals surface area contributed by atoms with Crippen LogP contribution in [0.4, 0.5) is 5.82 Å². The highest BCUT2D eigenvalue weighted by Gasteiger charge is 2.29. The minimum absolute atomic E-state index is 0.0218. The molecule has 0 radical (unpaired) electrons. The highest BCUT2D eigenvalue weighted by Crippen LogP contribution is 2.39. The van der Waals surface area contributed by atoms with Gasteiger partial charge in [-0.2, -0.15) is 4.98 Å². The second-order valence-electron chi connectivity index (χ2n) is 6.32. The van der Waals surface area contributed by atoms with Crippen molar-refractivity contribution < 1.29 is 4.74 Å². The van der Waals surface area contributed by atoms with E-state index in [-0.39, 0.29) is 23.7 Å². The Kier molecular flexibility index (Phi) is 3.14. The molecule has 1 aliphatic heterocycles. The molecule has 0 bridgehead atoms. The summed E-state index contributed by atoms with van der Waals surface area (Å²) in [5.74, 6) is 0.790. The summed E-state index contributed by atoms with van der Waals surface area (Å²) in [4.78, 5) is 21.2. The lowest BCUT2D eigenvalue weighted by Gasteiger charge is -2.31. The lowest BCUT2D eigenvalue weighted by Crippen LogP contribution is -2.37. The van der Waals surface area contributed by atoms with Crippen molar-refractivity contribution in [3.63, 3.8) is 0 Å². The zero-order valence-electron chi connectivity index (χ0n) is 12.7. The van der Waals surface area contributed by atoms with Gasteiger partial charge in [0.1, 0.15) is 11.5 Å². The van der Waals surface area contributed by atoms with Gasteiger partial charge in [0.2, 0.25) is 0 Å². The Morgan fingerprint density at radius 1 is 1.27 bits per heavy atom. The lowest BCUT2D eigenvalue weighted by atomic mass is 10.0. The fourth-order valence-electron chi connectivity index (χ4n) is 3.31. The van der Waals surface area contributed by atoms with Crippen molar-refractivity contribution in [3.05, 3.63) is 28.3 Å². The number of fused-ring (bicyclic) bond motifs is 1. The number of rotatable bonds is 2. The Balaban J connectivity index is 1.94. The molecule has 1 saturated carbocycles. The first-order valence-corrected chi connectivity index (χ1v) is 7.95. The van der Waals surface area contributed by atoms with Gasteiger partial charge in [0.25, 0.3) is 0 Å². The summed E-state index contributed by atoms with van der Waals surface area (Å²) < 4.78 is 7.42. The molecule has 2 aromatic rings. The molecule has 2 unspecified atom stereocenters. The molecule has 0 amide bonds. The average molecular weight is 300 g/mol. The summed E-state index contributed by atoms with van der Waals surface area (Å²) in [6.45, 7) is 2.75. The summed E-state index contributed by atoms with van der Waals surface area (Å²) in [7, 11) is 0. The first-order chi connectivity index (χ1) is 10.6.